The fraction of sp³-hybridized carbons (Fsp3) is 0.650. The van der Waals surface area contributed by atoms with Gasteiger partial charge in [-0.2, -0.15) is 0 Å². The highest BCUT2D eigenvalue weighted by Gasteiger charge is 2.55. The minimum Gasteiger partial charge on any atom is -0.382 e. The lowest BCUT2D eigenvalue weighted by Crippen LogP contribution is -2.61. The van der Waals surface area contributed by atoms with Gasteiger partial charge in [-0.05, 0) is 43.5 Å². The lowest BCUT2D eigenvalue weighted by atomic mass is 9.75. The highest BCUT2D eigenvalue weighted by Crippen LogP contribution is 2.47. The van der Waals surface area contributed by atoms with Gasteiger partial charge in [0.05, 0.1) is 19.3 Å². The van der Waals surface area contributed by atoms with Crippen LogP contribution in [0.4, 0.5) is 8.78 Å². The third kappa shape index (κ3) is 3.37. The van der Waals surface area contributed by atoms with Crippen LogP contribution in [0.2, 0.25) is 0 Å². The van der Waals surface area contributed by atoms with Gasteiger partial charge in [-0.3, -0.25) is 9.69 Å². The molecule has 1 amide bonds. The summed E-state index contributed by atoms with van der Waals surface area (Å²) in [7, 11) is 1.58. The largest absolute Gasteiger partial charge is 0.382 e. The van der Waals surface area contributed by atoms with E-state index in [4.69, 9.17) is 9.47 Å². The predicted molar refractivity (Wildman–Crippen MR) is 95.4 cm³/mol. The first-order valence-corrected chi connectivity index (χ1v) is 9.66. The maximum absolute atomic E-state index is 14.5. The summed E-state index contributed by atoms with van der Waals surface area (Å²) in [6, 6.07) is 4.46. The molecule has 0 spiro atoms. The lowest BCUT2D eigenvalue weighted by molar-refractivity contribution is -0.141. The number of carbonyl (C=O) groups excluding carboxylic acids is 1. The summed E-state index contributed by atoms with van der Waals surface area (Å²) in [5.74, 6) is -1.47. The van der Waals surface area contributed by atoms with E-state index in [9.17, 15) is 13.6 Å². The topological polar surface area (TPSA) is 42.0 Å². The van der Waals surface area contributed by atoms with Gasteiger partial charge in [0.1, 0.15) is 6.61 Å². The molecule has 4 aliphatic rings. The Kier molecular flexibility index (Phi) is 5.43. The second-order valence-corrected chi connectivity index (χ2v) is 7.70. The van der Waals surface area contributed by atoms with Crippen molar-refractivity contribution in [1.82, 2.24) is 9.80 Å². The molecule has 0 radical (unpaired) electrons. The quantitative estimate of drug-likeness (QED) is 0.708. The molecule has 4 saturated heterocycles. The molecular formula is C20H26F2N2O3. The number of carbonyl (C=O) groups is 1. The number of methoxy groups -OCH3 is 1. The van der Waals surface area contributed by atoms with Crippen LogP contribution in [0, 0.1) is 17.6 Å². The molecule has 3 atom stereocenters. The predicted octanol–water partition coefficient (Wildman–Crippen LogP) is 2.02. The molecular weight excluding hydrogens is 354 g/mol. The Balaban J connectivity index is 1.58. The van der Waals surface area contributed by atoms with Crippen molar-refractivity contribution in [3.8, 4) is 0 Å². The van der Waals surface area contributed by atoms with Gasteiger partial charge in [-0.1, -0.05) is 12.1 Å². The van der Waals surface area contributed by atoms with E-state index in [1.54, 1.807) is 19.2 Å². The summed E-state index contributed by atoms with van der Waals surface area (Å²) < 4.78 is 38.7. The average molecular weight is 380 g/mol. The fourth-order valence-electron chi connectivity index (χ4n) is 5.17. The van der Waals surface area contributed by atoms with Crippen molar-refractivity contribution in [2.45, 2.75) is 30.8 Å². The number of benzene rings is 1. The summed E-state index contributed by atoms with van der Waals surface area (Å²) in [5, 5.41) is 0. The summed E-state index contributed by atoms with van der Waals surface area (Å²) in [6.45, 7) is 3.14. The van der Waals surface area contributed by atoms with Gasteiger partial charge in [0.25, 0.3) is 0 Å². The van der Waals surface area contributed by atoms with Crippen molar-refractivity contribution in [3.63, 3.8) is 0 Å². The highest BCUT2D eigenvalue weighted by molar-refractivity contribution is 5.78. The van der Waals surface area contributed by atoms with E-state index in [0.717, 1.165) is 32.0 Å². The van der Waals surface area contributed by atoms with E-state index in [0.29, 0.717) is 31.2 Å². The monoisotopic (exact) mass is 380 g/mol. The molecule has 7 heteroatoms. The van der Waals surface area contributed by atoms with Crippen LogP contribution in [0.15, 0.2) is 18.2 Å². The number of halogens is 2. The van der Waals surface area contributed by atoms with Crippen LogP contribution in [0.5, 0.6) is 0 Å². The highest BCUT2D eigenvalue weighted by atomic mass is 19.2. The number of likely N-dealkylation sites (tertiary alicyclic amines) is 1. The number of fused-ring (bicyclic) bond motifs is 2. The molecule has 5 rings (SSSR count). The van der Waals surface area contributed by atoms with Crippen molar-refractivity contribution in [1.29, 1.82) is 0 Å². The molecule has 4 aliphatic heterocycles. The second kappa shape index (κ2) is 7.81. The Hall–Kier alpha value is -1.57. The molecule has 4 fully saturated rings. The number of amides is 1. The molecule has 0 aromatic heterocycles. The molecule has 1 aromatic rings. The Morgan fingerprint density at radius 1 is 1.19 bits per heavy atom. The summed E-state index contributed by atoms with van der Waals surface area (Å²) in [4.78, 5) is 17.1. The molecule has 0 N–H and O–H groups in total. The fourth-order valence-corrected chi connectivity index (χ4v) is 5.17. The number of hydrogen-bond acceptors (Lipinski definition) is 4. The van der Waals surface area contributed by atoms with Gasteiger partial charge < -0.3 is 14.4 Å². The van der Waals surface area contributed by atoms with E-state index in [-0.39, 0.29) is 30.5 Å². The Bertz CT molecular complexity index is 694. The first-order valence-electron chi connectivity index (χ1n) is 9.66. The maximum Gasteiger partial charge on any atom is 0.248 e. The molecule has 5 nitrogen and oxygen atoms in total. The van der Waals surface area contributed by atoms with Crippen molar-refractivity contribution in [3.05, 3.63) is 35.4 Å². The zero-order chi connectivity index (χ0) is 19.0. The Morgan fingerprint density at radius 2 is 1.96 bits per heavy atom. The molecule has 0 saturated carbocycles. The van der Waals surface area contributed by atoms with Crippen LogP contribution in [0.25, 0.3) is 0 Å². The minimum atomic E-state index is -0.826. The molecule has 148 valence electrons. The molecule has 1 aromatic carbocycles. The van der Waals surface area contributed by atoms with Crippen LogP contribution >= 0.6 is 0 Å². The van der Waals surface area contributed by atoms with E-state index < -0.39 is 11.6 Å². The minimum absolute atomic E-state index is 0.00233. The second-order valence-electron chi connectivity index (χ2n) is 7.70. The van der Waals surface area contributed by atoms with Crippen molar-refractivity contribution < 1.29 is 23.0 Å². The zero-order valence-electron chi connectivity index (χ0n) is 15.6. The van der Waals surface area contributed by atoms with E-state index >= 15 is 0 Å². The molecule has 0 unspecified atom stereocenters. The van der Waals surface area contributed by atoms with Crippen molar-refractivity contribution >= 4 is 5.91 Å². The van der Waals surface area contributed by atoms with Gasteiger partial charge in [-0.25, -0.2) is 8.78 Å². The zero-order valence-corrected chi connectivity index (χ0v) is 15.6. The normalized spacial score (nSPS) is 32.0. The third-order valence-electron chi connectivity index (χ3n) is 6.35. The van der Waals surface area contributed by atoms with Crippen molar-refractivity contribution in [2.24, 2.45) is 5.92 Å². The van der Waals surface area contributed by atoms with E-state index in [1.807, 2.05) is 4.90 Å². The molecule has 2 bridgehead atoms. The molecule has 27 heavy (non-hydrogen) atoms. The lowest BCUT2D eigenvalue weighted by Gasteiger charge is -2.51. The van der Waals surface area contributed by atoms with Gasteiger partial charge in [0, 0.05) is 25.6 Å². The number of piperidine rings is 3. The van der Waals surface area contributed by atoms with Gasteiger partial charge in [0.15, 0.2) is 11.6 Å². The van der Waals surface area contributed by atoms with Crippen LogP contribution in [-0.4, -0.2) is 74.4 Å². The third-order valence-corrected chi connectivity index (χ3v) is 6.35. The number of rotatable bonds is 6. The van der Waals surface area contributed by atoms with Crippen LogP contribution in [0.3, 0.4) is 0 Å². The molecule has 4 heterocycles. The van der Waals surface area contributed by atoms with Crippen LogP contribution < -0.4 is 0 Å². The van der Waals surface area contributed by atoms with Gasteiger partial charge >= 0.3 is 0 Å². The van der Waals surface area contributed by atoms with Crippen molar-refractivity contribution in [2.75, 3.05) is 46.6 Å². The Morgan fingerprint density at radius 3 is 2.70 bits per heavy atom. The molecule has 0 aliphatic carbocycles. The van der Waals surface area contributed by atoms with Crippen LogP contribution in [-0.2, 0) is 14.3 Å². The summed E-state index contributed by atoms with van der Waals surface area (Å²) >= 11 is 0. The Labute approximate surface area is 158 Å². The summed E-state index contributed by atoms with van der Waals surface area (Å²) in [5.41, 5.74) is 0.383. The smallest absolute Gasteiger partial charge is 0.248 e. The first-order chi connectivity index (χ1) is 13.1. The van der Waals surface area contributed by atoms with Gasteiger partial charge in [0.2, 0.25) is 5.91 Å². The van der Waals surface area contributed by atoms with E-state index in [2.05, 4.69) is 4.90 Å². The first kappa shape index (κ1) is 18.8. The number of nitrogens with zero attached hydrogens (tertiary/aromatic N) is 2. The SMILES string of the molecule is COCCOCC(=O)N1C[C@H](c2cccc(F)c2F)[C@H]2[C@@H]1C1CCN2CC1. The maximum atomic E-state index is 14.5. The average Bonchev–Trinajstić information content (AvgIpc) is 3.11. The summed E-state index contributed by atoms with van der Waals surface area (Å²) in [6.07, 6.45) is 2.10. The van der Waals surface area contributed by atoms with Gasteiger partial charge in [-0.15, -0.1) is 0 Å². The number of ether oxygens (including phenoxy) is 2. The van der Waals surface area contributed by atoms with Crippen LogP contribution in [0.1, 0.15) is 24.3 Å². The van der Waals surface area contributed by atoms with E-state index in [1.165, 1.54) is 0 Å². The number of hydrogen-bond donors (Lipinski definition) is 0. The standard InChI is InChI=1S/C20H26F2N2O3/c1-26-9-10-27-12-17(25)24-11-15(14-3-2-4-16(21)18(14)22)20-19(24)13-5-7-23(20)8-6-13/h2-4,13,15,19-20H,5-12H2,1H3/t15-,19+,20+/m1/s1.